The first-order valence-corrected chi connectivity index (χ1v) is 10.9. The molecule has 1 fully saturated rings. The minimum atomic E-state index is -3.56. The molecule has 2 heterocycles. The van der Waals surface area contributed by atoms with Crippen LogP contribution in [0.1, 0.15) is 29.8 Å². The molecule has 0 radical (unpaired) electrons. The first kappa shape index (κ1) is 21.3. The molecule has 0 saturated carbocycles. The summed E-state index contributed by atoms with van der Waals surface area (Å²) in [6, 6.07) is 7.80. The maximum absolute atomic E-state index is 12.3. The molecule has 2 aromatic rings. The molecule has 0 bridgehead atoms. The number of amides is 1. The Morgan fingerprint density at radius 3 is 2.69 bits per heavy atom. The summed E-state index contributed by atoms with van der Waals surface area (Å²) < 4.78 is 32.9. The highest BCUT2D eigenvalue weighted by Gasteiger charge is 2.32. The molecule has 3 rings (SSSR count). The van der Waals surface area contributed by atoms with Crippen molar-refractivity contribution < 1.29 is 23.1 Å². The largest absolute Gasteiger partial charge is 0.394 e. The van der Waals surface area contributed by atoms with Gasteiger partial charge in [-0.2, -0.15) is 0 Å². The zero-order valence-corrected chi connectivity index (χ0v) is 16.6. The first-order chi connectivity index (χ1) is 14.0. The van der Waals surface area contributed by atoms with E-state index in [1.54, 1.807) is 18.2 Å². The molecule has 9 nitrogen and oxygen atoms in total. The van der Waals surface area contributed by atoms with Gasteiger partial charge in [0.1, 0.15) is 11.8 Å². The van der Waals surface area contributed by atoms with Crippen LogP contribution in [-0.4, -0.2) is 60.8 Å². The summed E-state index contributed by atoms with van der Waals surface area (Å²) in [5.41, 5.74) is 0.196. The smallest absolute Gasteiger partial charge is 0.271 e. The zero-order valence-electron chi connectivity index (χ0n) is 15.8. The van der Waals surface area contributed by atoms with Crippen molar-refractivity contribution in [3.05, 3.63) is 54.6 Å². The highest BCUT2D eigenvalue weighted by atomic mass is 32.2. The van der Waals surface area contributed by atoms with E-state index in [0.717, 1.165) is 0 Å². The molecule has 156 valence electrons. The molecule has 1 amide bonds. The second-order valence-corrected chi connectivity index (χ2v) is 8.49. The Bertz CT molecular complexity index is 895. The Hall–Kier alpha value is -2.40. The van der Waals surface area contributed by atoms with Crippen molar-refractivity contribution in [2.75, 3.05) is 13.2 Å². The van der Waals surface area contributed by atoms with E-state index in [-0.39, 0.29) is 41.8 Å². The van der Waals surface area contributed by atoms with Gasteiger partial charge in [0.05, 0.1) is 29.8 Å². The predicted molar refractivity (Wildman–Crippen MR) is 105 cm³/mol. The van der Waals surface area contributed by atoms with Crippen molar-refractivity contribution in [2.45, 2.75) is 42.4 Å². The molecule has 1 aromatic heterocycles. The zero-order chi connectivity index (χ0) is 20.7. The maximum Gasteiger partial charge on any atom is 0.271 e. The lowest BCUT2D eigenvalue weighted by molar-refractivity contribution is -0.0891. The van der Waals surface area contributed by atoms with Crippen LogP contribution in [0.25, 0.3) is 0 Å². The van der Waals surface area contributed by atoms with Gasteiger partial charge in [0, 0.05) is 18.9 Å². The molecule has 1 saturated heterocycles. The van der Waals surface area contributed by atoms with E-state index >= 15 is 0 Å². The average molecular weight is 420 g/mol. The fraction of sp³-hybridized carbons (Fsp3) is 0.421. The van der Waals surface area contributed by atoms with Gasteiger partial charge < -0.3 is 15.2 Å². The number of carbonyl (C=O) groups excluding carboxylic acids is 1. The van der Waals surface area contributed by atoms with Crippen LogP contribution in [0.2, 0.25) is 0 Å². The van der Waals surface area contributed by atoms with Gasteiger partial charge in [-0.3, -0.25) is 9.78 Å². The maximum atomic E-state index is 12.3. The SMILES string of the molecule is O=C(N[C@@H]1CC[C@H](CCNS(=O)(=O)c2ccccc2)O[C@H]1CO)c1cnccn1. The predicted octanol–water partition coefficient (Wildman–Crippen LogP) is 0.483. The van der Waals surface area contributed by atoms with Crippen molar-refractivity contribution >= 4 is 15.9 Å². The molecule has 1 aliphatic rings. The number of hydrogen-bond donors (Lipinski definition) is 3. The summed E-state index contributed by atoms with van der Waals surface area (Å²) in [5, 5.41) is 12.5. The Morgan fingerprint density at radius 1 is 1.21 bits per heavy atom. The number of hydrogen-bond acceptors (Lipinski definition) is 7. The molecule has 10 heteroatoms. The van der Waals surface area contributed by atoms with Gasteiger partial charge >= 0.3 is 0 Å². The van der Waals surface area contributed by atoms with Gasteiger partial charge in [0.25, 0.3) is 5.91 Å². The number of aromatic nitrogens is 2. The third-order valence-electron chi connectivity index (χ3n) is 4.72. The third-order valence-corrected chi connectivity index (χ3v) is 6.20. The molecule has 0 spiro atoms. The van der Waals surface area contributed by atoms with Crippen LogP contribution >= 0.6 is 0 Å². The van der Waals surface area contributed by atoms with E-state index in [4.69, 9.17) is 4.74 Å². The van der Waals surface area contributed by atoms with Crippen molar-refractivity contribution in [3.8, 4) is 0 Å². The molecule has 0 aliphatic carbocycles. The van der Waals surface area contributed by atoms with Gasteiger partial charge in [-0.1, -0.05) is 18.2 Å². The van der Waals surface area contributed by atoms with Crippen LogP contribution in [0.3, 0.4) is 0 Å². The minimum absolute atomic E-state index is 0.196. The second-order valence-electron chi connectivity index (χ2n) is 6.73. The normalized spacial score (nSPS) is 22.2. The Morgan fingerprint density at radius 2 is 2.00 bits per heavy atom. The molecular formula is C19H24N4O5S. The fourth-order valence-corrected chi connectivity index (χ4v) is 4.27. The second kappa shape index (κ2) is 9.88. The van der Waals surface area contributed by atoms with Crippen LogP contribution in [0, 0.1) is 0 Å². The monoisotopic (exact) mass is 420 g/mol. The highest BCUT2D eigenvalue weighted by molar-refractivity contribution is 7.89. The van der Waals surface area contributed by atoms with E-state index in [0.29, 0.717) is 19.3 Å². The van der Waals surface area contributed by atoms with Gasteiger partial charge in [0.2, 0.25) is 10.0 Å². The van der Waals surface area contributed by atoms with Crippen LogP contribution in [0.5, 0.6) is 0 Å². The van der Waals surface area contributed by atoms with Crippen LogP contribution in [0.4, 0.5) is 0 Å². The molecule has 1 aromatic carbocycles. The lowest BCUT2D eigenvalue weighted by Gasteiger charge is -2.36. The van der Waals surface area contributed by atoms with Gasteiger partial charge in [-0.15, -0.1) is 0 Å². The molecule has 29 heavy (non-hydrogen) atoms. The summed E-state index contributed by atoms with van der Waals surface area (Å²) >= 11 is 0. The van der Waals surface area contributed by atoms with E-state index in [9.17, 15) is 18.3 Å². The number of benzene rings is 1. The topological polar surface area (TPSA) is 131 Å². The number of nitrogens with zero attached hydrogens (tertiary/aromatic N) is 2. The molecule has 3 N–H and O–H groups in total. The Kier molecular flexibility index (Phi) is 7.26. The standard InChI is InChI=1S/C19H24N4O5S/c24-13-18-16(23-19(25)17-12-20-10-11-21-17)7-6-14(28-18)8-9-22-29(26,27)15-4-2-1-3-5-15/h1-5,10-12,14,16,18,22,24H,6-9,13H2,(H,23,25)/t14-,16-,18+/m1/s1. The van der Waals surface area contributed by atoms with Crippen molar-refractivity contribution in [3.63, 3.8) is 0 Å². The molecule has 0 unspecified atom stereocenters. The van der Waals surface area contributed by atoms with Crippen molar-refractivity contribution in [1.29, 1.82) is 0 Å². The summed E-state index contributed by atoms with van der Waals surface area (Å²) in [5.74, 6) is -0.376. The van der Waals surface area contributed by atoms with Crippen LogP contribution in [0.15, 0.2) is 53.8 Å². The number of aliphatic hydroxyl groups excluding tert-OH is 1. The van der Waals surface area contributed by atoms with Crippen LogP contribution in [-0.2, 0) is 14.8 Å². The average Bonchev–Trinajstić information content (AvgIpc) is 2.75. The van der Waals surface area contributed by atoms with Crippen molar-refractivity contribution in [1.82, 2.24) is 20.0 Å². The number of aliphatic hydroxyl groups is 1. The summed E-state index contributed by atoms with van der Waals surface area (Å²) in [4.78, 5) is 20.3. The number of ether oxygens (including phenoxy) is 1. The number of sulfonamides is 1. The lowest BCUT2D eigenvalue weighted by atomic mass is 9.97. The van der Waals surface area contributed by atoms with E-state index < -0.39 is 16.1 Å². The fourth-order valence-electron chi connectivity index (χ4n) is 3.21. The Balaban J connectivity index is 1.49. The van der Waals surface area contributed by atoms with Gasteiger partial charge in [-0.25, -0.2) is 18.1 Å². The summed E-state index contributed by atoms with van der Waals surface area (Å²) in [6.07, 6.45) is 5.20. The number of nitrogens with one attached hydrogen (secondary N) is 2. The number of rotatable bonds is 8. The minimum Gasteiger partial charge on any atom is -0.394 e. The van der Waals surface area contributed by atoms with E-state index in [2.05, 4.69) is 20.0 Å². The molecule has 3 atom stereocenters. The van der Waals surface area contributed by atoms with Gasteiger partial charge in [0.15, 0.2) is 0 Å². The number of carbonyl (C=O) groups is 1. The molecule has 1 aliphatic heterocycles. The van der Waals surface area contributed by atoms with Gasteiger partial charge in [-0.05, 0) is 31.4 Å². The summed E-state index contributed by atoms with van der Waals surface area (Å²) in [7, 11) is -3.56. The first-order valence-electron chi connectivity index (χ1n) is 9.37. The summed E-state index contributed by atoms with van der Waals surface area (Å²) in [6.45, 7) is -0.0334. The third kappa shape index (κ3) is 5.80. The van der Waals surface area contributed by atoms with Crippen LogP contribution < -0.4 is 10.0 Å². The quantitative estimate of drug-likeness (QED) is 0.566. The van der Waals surface area contributed by atoms with Crippen molar-refractivity contribution in [2.24, 2.45) is 0 Å². The highest BCUT2D eigenvalue weighted by Crippen LogP contribution is 2.22. The molecular weight excluding hydrogens is 396 g/mol. The lowest BCUT2D eigenvalue weighted by Crippen LogP contribution is -2.51. The van der Waals surface area contributed by atoms with E-state index in [1.165, 1.54) is 30.7 Å². The van der Waals surface area contributed by atoms with E-state index in [1.807, 2.05) is 0 Å². The Labute approximate surface area is 169 Å².